The number of carbonyl (C=O) groups excluding carboxylic acids is 2. The Morgan fingerprint density at radius 3 is 2.68 bits per heavy atom. The Morgan fingerprint density at radius 2 is 2.12 bits per heavy atom. The lowest BCUT2D eigenvalue weighted by Crippen LogP contribution is -2.31. The molecule has 0 spiro atoms. The van der Waals surface area contributed by atoms with Gasteiger partial charge in [0.1, 0.15) is 0 Å². The van der Waals surface area contributed by atoms with Gasteiger partial charge in [-0.3, -0.25) is 23.9 Å². The molecule has 2 rings (SSSR count). The predicted octanol–water partition coefficient (Wildman–Crippen LogP) is 1.50. The van der Waals surface area contributed by atoms with E-state index in [9.17, 15) is 14.4 Å². The van der Waals surface area contributed by atoms with Crippen LogP contribution in [0.4, 0.5) is 0 Å². The molecule has 0 aromatic carbocycles. The van der Waals surface area contributed by atoms with Gasteiger partial charge in [0.05, 0.1) is 19.6 Å². The molecule has 1 aromatic rings. The smallest absolute Gasteiger partial charge is 0.310 e. The fourth-order valence-electron chi connectivity index (χ4n) is 2.97. The lowest BCUT2D eigenvalue weighted by atomic mass is 9.98. The zero-order chi connectivity index (χ0) is 18.7. The van der Waals surface area contributed by atoms with Gasteiger partial charge in [0, 0.05) is 24.6 Å². The van der Waals surface area contributed by atoms with Crippen LogP contribution in [-0.2, 0) is 30.2 Å². The quantitative estimate of drug-likeness (QED) is 0.619. The first kappa shape index (κ1) is 19.3. The Hall–Kier alpha value is -2.00. The first-order chi connectivity index (χ1) is 11.8. The van der Waals surface area contributed by atoms with E-state index in [0.29, 0.717) is 0 Å². The van der Waals surface area contributed by atoms with Crippen molar-refractivity contribution in [2.45, 2.75) is 52.0 Å². The molecule has 1 N–H and O–H groups in total. The highest BCUT2D eigenvalue weighted by molar-refractivity contribution is 7.71. The van der Waals surface area contributed by atoms with Crippen molar-refractivity contribution >= 4 is 24.2 Å². The van der Waals surface area contributed by atoms with Gasteiger partial charge >= 0.3 is 11.9 Å². The van der Waals surface area contributed by atoms with E-state index >= 15 is 0 Å². The summed E-state index contributed by atoms with van der Waals surface area (Å²) in [6, 6.07) is 0. The van der Waals surface area contributed by atoms with Crippen molar-refractivity contribution in [1.29, 1.82) is 0 Å². The molecular weight excluding hydrogens is 348 g/mol. The van der Waals surface area contributed by atoms with Gasteiger partial charge < -0.3 is 14.2 Å². The molecule has 8 nitrogen and oxygen atoms in total. The van der Waals surface area contributed by atoms with Crippen LogP contribution in [-0.4, -0.2) is 40.8 Å². The molecule has 0 aliphatic carbocycles. The monoisotopic (exact) mass is 370 g/mol. The van der Waals surface area contributed by atoms with Crippen LogP contribution in [0.2, 0.25) is 0 Å². The summed E-state index contributed by atoms with van der Waals surface area (Å²) in [6.45, 7) is 5.24. The minimum Gasteiger partial charge on any atom is -0.469 e. The van der Waals surface area contributed by atoms with Crippen molar-refractivity contribution in [2.75, 3.05) is 7.11 Å². The molecule has 1 aliphatic rings. The van der Waals surface area contributed by atoms with Gasteiger partial charge in [0.25, 0.3) is 5.56 Å². The van der Waals surface area contributed by atoms with Gasteiger partial charge in [-0.2, -0.15) is 0 Å². The van der Waals surface area contributed by atoms with Crippen LogP contribution in [0.15, 0.2) is 11.0 Å². The Morgan fingerprint density at radius 1 is 1.44 bits per heavy atom. The summed E-state index contributed by atoms with van der Waals surface area (Å²) in [7, 11) is 1.25. The number of methoxy groups -OCH3 is 1. The van der Waals surface area contributed by atoms with E-state index in [4.69, 9.17) is 21.7 Å². The van der Waals surface area contributed by atoms with Crippen LogP contribution in [0.25, 0.3) is 0 Å². The van der Waals surface area contributed by atoms with E-state index < -0.39 is 29.8 Å². The molecule has 138 valence electrons. The van der Waals surface area contributed by atoms with E-state index in [0.717, 1.165) is 6.42 Å². The fraction of sp³-hybridized carbons (Fsp3) is 0.625. The number of H-pyrrole nitrogens is 1. The number of hydrogen-bond acceptors (Lipinski definition) is 7. The van der Waals surface area contributed by atoms with Gasteiger partial charge in [-0.15, -0.1) is 0 Å². The normalized spacial score (nSPS) is 25.6. The van der Waals surface area contributed by atoms with Crippen molar-refractivity contribution in [1.82, 2.24) is 9.55 Å². The molecule has 0 radical (unpaired) electrons. The zero-order valence-corrected chi connectivity index (χ0v) is 15.4. The van der Waals surface area contributed by atoms with Crippen LogP contribution in [0.5, 0.6) is 0 Å². The lowest BCUT2D eigenvalue weighted by Gasteiger charge is -2.23. The number of carbonyl (C=O) groups is 2. The summed E-state index contributed by atoms with van der Waals surface area (Å²) in [6.07, 6.45) is 0.660. The second kappa shape index (κ2) is 7.92. The molecule has 1 aromatic heterocycles. The number of nitrogens with zero attached hydrogens (tertiary/aromatic N) is 1. The first-order valence-electron chi connectivity index (χ1n) is 8.02. The molecule has 0 bridgehead atoms. The third kappa shape index (κ3) is 4.16. The second-order valence-electron chi connectivity index (χ2n) is 5.98. The third-order valence-corrected chi connectivity index (χ3v) is 4.60. The molecule has 1 unspecified atom stereocenters. The first-order valence-corrected chi connectivity index (χ1v) is 8.43. The maximum absolute atomic E-state index is 12.0. The molecule has 1 saturated heterocycles. The Balaban J connectivity index is 2.45. The molecular formula is C16H22N2O6S. The summed E-state index contributed by atoms with van der Waals surface area (Å²) < 4.78 is 17.7. The third-order valence-electron chi connectivity index (χ3n) is 4.28. The van der Waals surface area contributed by atoms with Gasteiger partial charge in [-0.25, -0.2) is 0 Å². The largest absolute Gasteiger partial charge is 0.469 e. The van der Waals surface area contributed by atoms with E-state index in [1.165, 1.54) is 24.8 Å². The number of nitrogens with one attached hydrogen (secondary N) is 1. The van der Waals surface area contributed by atoms with Crippen LogP contribution >= 0.6 is 12.2 Å². The summed E-state index contributed by atoms with van der Waals surface area (Å²) >= 11 is 5.23. The van der Waals surface area contributed by atoms with Gasteiger partial charge in [-0.1, -0.05) is 13.8 Å². The highest BCUT2D eigenvalue weighted by atomic mass is 32.1. The minimum atomic E-state index is -0.676. The molecule has 25 heavy (non-hydrogen) atoms. The molecule has 0 amide bonds. The number of ether oxygens (including phenoxy) is 3. The van der Waals surface area contributed by atoms with E-state index in [1.807, 2.05) is 13.8 Å². The van der Waals surface area contributed by atoms with Crippen LogP contribution < -0.4 is 5.56 Å². The average molecular weight is 370 g/mol. The summed E-state index contributed by atoms with van der Waals surface area (Å²) in [5, 5.41) is 0. The lowest BCUT2D eigenvalue weighted by molar-refractivity contribution is -0.153. The van der Waals surface area contributed by atoms with Crippen molar-refractivity contribution in [3.63, 3.8) is 0 Å². The maximum atomic E-state index is 12.0. The highest BCUT2D eigenvalue weighted by Gasteiger charge is 2.44. The Kier molecular flexibility index (Phi) is 6.12. The number of hydrogen-bond donors (Lipinski definition) is 1. The molecule has 1 fully saturated rings. The van der Waals surface area contributed by atoms with Crippen molar-refractivity contribution in [3.05, 3.63) is 26.9 Å². The summed E-state index contributed by atoms with van der Waals surface area (Å²) in [4.78, 5) is 37.5. The number of aromatic amines is 1. The van der Waals surface area contributed by atoms with Gasteiger partial charge in [0.15, 0.2) is 17.1 Å². The zero-order valence-electron chi connectivity index (χ0n) is 14.6. The van der Waals surface area contributed by atoms with Gasteiger partial charge in [0.2, 0.25) is 0 Å². The number of esters is 2. The molecule has 4 atom stereocenters. The Bertz CT molecular complexity index is 771. The molecule has 2 heterocycles. The fourth-order valence-corrected chi connectivity index (χ4v) is 3.22. The molecule has 0 saturated carbocycles. The molecule has 9 heteroatoms. The van der Waals surface area contributed by atoms with Crippen molar-refractivity contribution in [2.24, 2.45) is 5.92 Å². The SMILES string of the molecule is CC[C@H]1O[C@@H](n2cc(CC(=O)OC)c(=O)[nH]c2=S)[C@@H](OC(C)=O)C1C. The Labute approximate surface area is 150 Å². The van der Waals surface area contributed by atoms with E-state index in [1.54, 1.807) is 0 Å². The number of aromatic nitrogens is 2. The maximum Gasteiger partial charge on any atom is 0.310 e. The van der Waals surface area contributed by atoms with Crippen molar-refractivity contribution < 1.29 is 23.8 Å². The average Bonchev–Trinajstić information content (AvgIpc) is 2.85. The summed E-state index contributed by atoms with van der Waals surface area (Å²) in [5.74, 6) is -1.01. The van der Waals surface area contributed by atoms with E-state index in [2.05, 4.69) is 9.72 Å². The predicted molar refractivity (Wildman–Crippen MR) is 90.5 cm³/mol. The highest BCUT2D eigenvalue weighted by Crippen LogP contribution is 2.37. The summed E-state index contributed by atoms with van der Waals surface area (Å²) in [5.41, 5.74) is -0.271. The van der Waals surface area contributed by atoms with Crippen LogP contribution in [0.3, 0.4) is 0 Å². The number of rotatable bonds is 5. The van der Waals surface area contributed by atoms with Crippen LogP contribution in [0, 0.1) is 10.7 Å². The van der Waals surface area contributed by atoms with Gasteiger partial charge in [-0.05, 0) is 18.6 Å². The van der Waals surface area contributed by atoms with Crippen molar-refractivity contribution in [3.8, 4) is 0 Å². The topological polar surface area (TPSA) is 99.6 Å². The standard InChI is InChI=1S/C16H22N2O6S/c1-5-11-8(2)13(23-9(3)19)15(24-11)18-7-10(6-12(20)22-4)14(21)17-16(18)25/h7-8,11,13,15H,5-6H2,1-4H3,(H,17,21,25)/t8?,11-,13+,15-/m1/s1. The molecule has 1 aliphatic heterocycles. The second-order valence-corrected chi connectivity index (χ2v) is 6.37. The van der Waals surface area contributed by atoms with E-state index in [-0.39, 0.29) is 28.8 Å². The van der Waals surface area contributed by atoms with Crippen LogP contribution in [0.1, 0.15) is 39.0 Å². The minimum absolute atomic E-state index is 0.0446.